The summed E-state index contributed by atoms with van der Waals surface area (Å²) < 4.78 is 16.0. The van der Waals surface area contributed by atoms with Crippen molar-refractivity contribution in [2.75, 3.05) is 0 Å². The van der Waals surface area contributed by atoms with Crippen LogP contribution in [0.3, 0.4) is 0 Å². The first-order valence-electron chi connectivity index (χ1n) is 6.80. The van der Waals surface area contributed by atoms with Crippen molar-refractivity contribution in [3.05, 3.63) is 59.9 Å². The Balaban J connectivity index is 2.25. The molecule has 2 aromatic heterocycles. The topological polar surface area (TPSA) is 30.7 Å². The lowest BCUT2D eigenvalue weighted by atomic mass is 10.1. The number of hydrogen-bond donors (Lipinski definition) is 0. The van der Waals surface area contributed by atoms with Crippen LogP contribution in [0.1, 0.15) is 36.7 Å². The number of imidazole rings is 1. The maximum absolute atomic E-state index is 14.0. The van der Waals surface area contributed by atoms with Crippen LogP contribution in [-0.2, 0) is 0 Å². The van der Waals surface area contributed by atoms with Crippen molar-refractivity contribution in [2.24, 2.45) is 0 Å². The predicted octanol–water partition coefficient (Wildman–Crippen LogP) is 4.48. The van der Waals surface area contributed by atoms with Gasteiger partial charge in [-0.15, -0.1) is 11.6 Å². The lowest BCUT2D eigenvalue weighted by Gasteiger charge is -2.18. The SMILES string of the molecule is CC(Cl)c1nc2c(F)cccc2n1C(C)c1cccnc1. The Bertz CT molecular complexity index is 768. The second-order valence-corrected chi connectivity index (χ2v) is 5.68. The molecule has 2 unspecified atom stereocenters. The fourth-order valence-electron chi connectivity index (χ4n) is 2.56. The van der Waals surface area contributed by atoms with E-state index in [9.17, 15) is 4.39 Å². The van der Waals surface area contributed by atoms with Gasteiger partial charge in [-0.3, -0.25) is 4.98 Å². The maximum atomic E-state index is 14.0. The van der Waals surface area contributed by atoms with Gasteiger partial charge in [0.25, 0.3) is 0 Å². The van der Waals surface area contributed by atoms with E-state index < -0.39 is 0 Å². The van der Waals surface area contributed by atoms with Crippen LogP contribution in [0.25, 0.3) is 11.0 Å². The maximum Gasteiger partial charge on any atom is 0.151 e. The predicted molar refractivity (Wildman–Crippen MR) is 82.0 cm³/mol. The summed E-state index contributed by atoms with van der Waals surface area (Å²) in [5, 5.41) is -0.309. The van der Waals surface area contributed by atoms with Crippen LogP contribution < -0.4 is 0 Å². The van der Waals surface area contributed by atoms with Gasteiger partial charge in [-0.2, -0.15) is 0 Å². The van der Waals surface area contributed by atoms with E-state index in [0.29, 0.717) is 11.3 Å². The highest BCUT2D eigenvalue weighted by Gasteiger charge is 2.21. The number of aromatic nitrogens is 3. The summed E-state index contributed by atoms with van der Waals surface area (Å²) in [6.45, 7) is 3.87. The highest BCUT2D eigenvalue weighted by molar-refractivity contribution is 6.20. The number of rotatable bonds is 3. The normalized spacial score (nSPS) is 14.3. The van der Waals surface area contributed by atoms with Gasteiger partial charge in [0.05, 0.1) is 16.9 Å². The lowest BCUT2D eigenvalue weighted by Crippen LogP contribution is -2.11. The van der Waals surface area contributed by atoms with Gasteiger partial charge in [-0.25, -0.2) is 9.37 Å². The van der Waals surface area contributed by atoms with Gasteiger partial charge in [-0.1, -0.05) is 12.1 Å². The van der Waals surface area contributed by atoms with Gasteiger partial charge in [0.1, 0.15) is 11.3 Å². The Morgan fingerprint density at radius 1 is 1.19 bits per heavy atom. The Hall–Kier alpha value is -1.94. The van der Waals surface area contributed by atoms with Crippen LogP contribution in [-0.4, -0.2) is 14.5 Å². The molecule has 1 aromatic carbocycles. The van der Waals surface area contributed by atoms with Crippen molar-refractivity contribution < 1.29 is 4.39 Å². The summed E-state index contributed by atoms with van der Waals surface area (Å²) in [5.74, 6) is 0.330. The minimum absolute atomic E-state index is 0.0262. The number of alkyl halides is 1. The molecule has 0 saturated heterocycles. The highest BCUT2D eigenvalue weighted by Crippen LogP contribution is 2.31. The number of para-hydroxylation sites is 1. The number of nitrogens with zero attached hydrogens (tertiary/aromatic N) is 3. The van der Waals surface area contributed by atoms with Gasteiger partial charge in [-0.05, 0) is 37.6 Å². The third-order valence-electron chi connectivity index (χ3n) is 3.61. The average molecular weight is 304 g/mol. The molecule has 0 N–H and O–H groups in total. The van der Waals surface area contributed by atoms with E-state index >= 15 is 0 Å². The van der Waals surface area contributed by atoms with E-state index in [1.165, 1.54) is 6.07 Å². The van der Waals surface area contributed by atoms with Gasteiger partial charge in [0.15, 0.2) is 5.82 Å². The second-order valence-electron chi connectivity index (χ2n) is 5.03. The molecule has 0 aliphatic rings. The van der Waals surface area contributed by atoms with Crippen LogP contribution in [0.5, 0.6) is 0 Å². The zero-order chi connectivity index (χ0) is 15.0. The number of hydrogen-bond acceptors (Lipinski definition) is 2. The zero-order valence-corrected chi connectivity index (χ0v) is 12.5. The van der Waals surface area contributed by atoms with Crippen molar-refractivity contribution >= 4 is 22.6 Å². The average Bonchev–Trinajstić information content (AvgIpc) is 2.88. The third-order valence-corrected chi connectivity index (χ3v) is 3.80. The minimum atomic E-state index is -0.330. The minimum Gasteiger partial charge on any atom is -0.319 e. The summed E-state index contributed by atoms with van der Waals surface area (Å²) in [6, 6.07) is 8.81. The van der Waals surface area contributed by atoms with Gasteiger partial charge in [0.2, 0.25) is 0 Å². The van der Waals surface area contributed by atoms with Gasteiger partial charge < -0.3 is 4.57 Å². The molecule has 0 amide bonds. The Morgan fingerprint density at radius 3 is 2.67 bits per heavy atom. The summed E-state index contributed by atoms with van der Waals surface area (Å²) in [6.07, 6.45) is 3.53. The molecule has 3 aromatic rings. The first-order valence-corrected chi connectivity index (χ1v) is 7.23. The number of pyridine rings is 1. The lowest BCUT2D eigenvalue weighted by molar-refractivity contribution is 0.616. The van der Waals surface area contributed by atoms with Crippen LogP contribution in [0, 0.1) is 5.82 Å². The van der Waals surface area contributed by atoms with Crippen molar-refractivity contribution in [3.63, 3.8) is 0 Å². The standard InChI is InChI=1S/C16H15ClFN3/c1-10(17)16-20-15-13(18)6-3-7-14(15)21(16)11(2)12-5-4-8-19-9-12/h3-11H,1-2H3. The third kappa shape index (κ3) is 2.40. The molecule has 2 heterocycles. The van der Waals surface area contributed by atoms with Crippen molar-refractivity contribution in [1.29, 1.82) is 0 Å². The summed E-state index contributed by atoms with van der Waals surface area (Å²) >= 11 is 6.24. The molecule has 0 bridgehead atoms. The van der Waals surface area contributed by atoms with E-state index in [1.54, 1.807) is 18.5 Å². The van der Waals surface area contributed by atoms with E-state index in [2.05, 4.69) is 9.97 Å². The molecule has 2 atom stereocenters. The fourth-order valence-corrected chi connectivity index (χ4v) is 2.71. The molecule has 0 aliphatic heterocycles. The van der Waals surface area contributed by atoms with Gasteiger partial charge in [0, 0.05) is 12.4 Å². The molecular formula is C16H15ClFN3. The molecule has 0 fully saturated rings. The van der Waals surface area contributed by atoms with Crippen molar-refractivity contribution in [3.8, 4) is 0 Å². The number of benzene rings is 1. The largest absolute Gasteiger partial charge is 0.319 e. The highest BCUT2D eigenvalue weighted by atomic mass is 35.5. The van der Waals surface area contributed by atoms with E-state index in [1.807, 2.05) is 36.6 Å². The van der Waals surface area contributed by atoms with E-state index in [-0.39, 0.29) is 17.2 Å². The van der Waals surface area contributed by atoms with Crippen LogP contribution in [0.2, 0.25) is 0 Å². The molecule has 0 saturated carbocycles. The zero-order valence-electron chi connectivity index (χ0n) is 11.8. The van der Waals surface area contributed by atoms with E-state index in [4.69, 9.17) is 11.6 Å². The molecule has 5 heteroatoms. The second kappa shape index (κ2) is 5.45. The molecule has 3 rings (SSSR count). The summed E-state index contributed by atoms with van der Waals surface area (Å²) in [7, 11) is 0. The Kier molecular flexibility index (Phi) is 3.64. The number of fused-ring (bicyclic) bond motifs is 1. The summed E-state index contributed by atoms with van der Waals surface area (Å²) in [4.78, 5) is 8.54. The first kappa shape index (κ1) is 14.0. The summed E-state index contributed by atoms with van der Waals surface area (Å²) in [5.41, 5.74) is 2.13. The molecule has 21 heavy (non-hydrogen) atoms. The number of halogens is 2. The monoisotopic (exact) mass is 303 g/mol. The quantitative estimate of drug-likeness (QED) is 0.668. The van der Waals surface area contributed by atoms with Gasteiger partial charge >= 0.3 is 0 Å². The van der Waals surface area contributed by atoms with E-state index in [0.717, 1.165) is 11.1 Å². The van der Waals surface area contributed by atoms with Crippen LogP contribution >= 0.6 is 11.6 Å². The molecule has 0 spiro atoms. The first-order chi connectivity index (χ1) is 10.1. The van der Waals surface area contributed by atoms with Crippen LogP contribution in [0.4, 0.5) is 4.39 Å². The van der Waals surface area contributed by atoms with Crippen molar-refractivity contribution in [2.45, 2.75) is 25.3 Å². The molecule has 0 radical (unpaired) electrons. The smallest absolute Gasteiger partial charge is 0.151 e. The van der Waals surface area contributed by atoms with Crippen molar-refractivity contribution in [1.82, 2.24) is 14.5 Å². The molecule has 3 nitrogen and oxygen atoms in total. The Labute approximate surface area is 127 Å². The molecule has 0 aliphatic carbocycles. The molecule has 108 valence electrons. The Morgan fingerprint density at radius 2 is 2.00 bits per heavy atom. The van der Waals surface area contributed by atoms with Crippen LogP contribution in [0.15, 0.2) is 42.7 Å². The fraction of sp³-hybridized carbons (Fsp3) is 0.250. The molecular weight excluding hydrogens is 289 g/mol.